The molecular weight excluding hydrogens is 282 g/mol. The molecule has 1 aliphatic heterocycles. The first-order valence-corrected chi connectivity index (χ1v) is 6.90. The van der Waals surface area contributed by atoms with Crippen LogP contribution in [0.3, 0.4) is 0 Å². The van der Waals surface area contributed by atoms with Gasteiger partial charge in [-0.1, -0.05) is 26.2 Å². The average molecular weight is 303 g/mol. The number of carbonyl (C=O) groups excluding carboxylic acids is 2. The minimum Gasteiger partial charge on any atom is -0.505 e. The maximum absolute atomic E-state index is 11.5. The van der Waals surface area contributed by atoms with Crippen LogP contribution in [0.15, 0.2) is 11.5 Å². The van der Waals surface area contributed by atoms with Crippen LogP contribution in [0.5, 0.6) is 0 Å². The third-order valence-electron chi connectivity index (χ3n) is 2.95. The van der Waals surface area contributed by atoms with E-state index in [1.54, 1.807) is 0 Å². The smallest absolute Gasteiger partial charge is 0.412 e. The summed E-state index contributed by atoms with van der Waals surface area (Å²) in [5.41, 5.74) is 0. The third-order valence-corrected chi connectivity index (χ3v) is 2.95. The Hall–Kier alpha value is -1.80. The van der Waals surface area contributed by atoms with Gasteiger partial charge in [0.15, 0.2) is 11.9 Å². The van der Waals surface area contributed by atoms with Crippen LogP contribution in [-0.2, 0) is 14.3 Å². The molecule has 21 heavy (non-hydrogen) atoms. The molecular formula is C13H21NO7. The van der Waals surface area contributed by atoms with Crippen molar-refractivity contribution >= 4 is 12.1 Å². The Kier molecular flexibility index (Phi) is 6.97. The molecule has 0 aromatic rings. The second-order valence-corrected chi connectivity index (χ2v) is 4.67. The van der Waals surface area contributed by atoms with E-state index < -0.39 is 42.4 Å². The molecule has 120 valence electrons. The molecule has 0 unspecified atom stereocenters. The van der Waals surface area contributed by atoms with Gasteiger partial charge in [-0.15, -0.1) is 0 Å². The van der Waals surface area contributed by atoms with Crippen LogP contribution >= 0.6 is 0 Å². The molecule has 8 nitrogen and oxygen atoms in total. The van der Waals surface area contributed by atoms with Gasteiger partial charge in [-0.05, 0) is 6.42 Å². The Morgan fingerprint density at radius 3 is 2.76 bits per heavy atom. The van der Waals surface area contributed by atoms with Gasteiger partial charge >= 0.3 is 12.1 Å². The Balaban J connectivity index is 2.47. The van der Waals surface area contributed by atoms with Gasteiger partial charge in [0.2, 0.25) is 0 Å². The van der Waals surface area contributed by atoms with Crippen molar-refractivity contribution in [1.82, 2.24) is 5.32 Å². The van der Waals surface area contributed by atoms with Crippen molar-refractivity contribution in [3.8, 4) is 0 Å². The number of cyclic esters (lactones) is 1. The number of alkyl carbamates (subject to hydrolysis) is 1. The maximum Gasteiger partial charge on any atom is 0.412 e. The fourth-order valence-electron chi connectivity index (χ4n) is 1.78. The lowest BCUT2D eigenvalue weighted by Gasteiger charge is -2.13. The second-order valence-electron chi connectivity index (χ2n) is 4.67. The number of carbonyl (C=O) groups is 2. The van der Waals surface area contributed by atoms with E-state index in [1.807, 2.05) is 0 Å². The number of rotatable bonds is 8. The van der Waals surface area contributed by atoms with Crippen LogP contribution in [0.25, 0.3) is 0 Å². The lowest BCUT2D eigenvalue weighted by Crippen LogP contribution is -2.31. The summed E-state index contributed by atoms with van der Waals surface area (Å²) in [7, 11) is 0. The van der Waals surface area contributed by atoms with Crippen LogP contribution in [0.1, 0.15) is 32.6 Å². The van der Waals surface area contributed by atoms with Crippen molar-refractivity contribution in [2.75, 3.05) is 13.2 Å². The number of aliphatic hydroxyl groups is 3. The number of amides is 1. The highest BCUT2D eigenvalue weighted by Gasteiger charge is 2.41. The van der Waals surface area contributed by atoms with Gasteiger partial charge in [0.05, 0.1) is 6.61 Å². The van der Waals surface area contributed by atoms with E-state index >= 15 is 0 Å². The number of ether oxygens (including phenoxy) is 2. The zero-order chi connectivity index (χ0) is 15.8. The van der Waals surface area contributed by atoms with Crippen molar-refractivity contribution in [3.63, 3.8) is 0 Å². The lowest BCUT2D eigenvalue weighted by molar-refractivity contribution is -0.147. The molecule has 1 aliphatic rings. The summed E-state index contributed by atoms with van der Waals surface area (Å²) >= 11 is 0. The normalized spacial score (nSPS) is 19.4. The van der Waals surface area contributed by atoms with E-state index in [1.165, 1.54) is 0 Å². The van der Waals surface area contributed by atoms with Crippen LogP contribution < -0.4 is 5.32 Å². The predicted molar refractivity (Wildman–Crippen MR) is 71.3 cm³/mol. The number of unbranched alkanes of at least 4 members (excludes halogenated alkanes) is 3. The van der Waals surface area contributed by atoms with E-state index in [0.29, 0.717) is 6.54 Å². The molecule has 0 saturated heterocycles. The Labute approximate surface area is 122 Å². The Morgan fingerprint density at radius 1 is 1.43 bits per heavy atom. The summed E-state index contributed by atoms with van der Waals surface area (Å²) in [5, 5.41) is 30.2. The molecule has 8 heteroatoms. The molecule has 2 atom stereocenters. The number of hydrogen-bond donors (Lipinski definition) is 4. The SMILES string of the molecule is CCCCCCNC(=O)OC1=C(O)[C@@H]([C@@H](O)CO)OC1=O. The summed E-state index contributed by atoms with van der Waals surface area (Å²) in [6.07, 6.45) is 0.106. The summed E-state index contributed by atoms with van der Waals surface area (Å²) in [6.45, 7) is 1.75. The van der Waals surface area contributed by atoms with E-state index in [2.05, 4.69) is 21.7 Å². The van der Waals surface area contributed by atoms with E-state index in [-0.39, 0.29) is 0 Å². The zero-order valence-corrected chi connectivity index (χ0v) is 11.9. The van der Waals surface area contributed by atoms with E-state index in [9.17, 15) is 19.8 Å². The molecule has 0 fully saturated rings. The van der Waals surface area contributed by atoms with Gasteiger partial charge in [0.1, 0.15) is 6.10 Å². The largest absolute Gasteiger partial charge is 0.505 e. The van der Waals surface area contributed by atoms with Gasteiger partial charge in [-0.25, -0.2) is 9.59 Å². The molecule has 4 N–H and O–H groups in total. The molecule has 1 rings (SSSR count). The monoisotopic (exact) mass is 303 g/mol. The molecule has 1 amide bonds. The number of aliphatic hydroxyl groups excluding tert-OH is 3. The number of hydrogen-bond acceptors (Lipinski definition) is 7. The number of esters is 1. The van der Waals surface area contributed by atoms with Crippen LogP contribution in [0, 0.1) is 0 Å². The molecule has 0 aromatic heterocycles. The van der Waals surface area contributed by atoms with Crippen LogP contribution in [-0.4, -0.2) is 52.7 Å². The first-order chi connectivity index (χ1) is 10.0. The predicted octanol–water partition coefficient (Wildman–Crippen LogP) is 0.341. The van der Waals surface area contributed by atoms with Gasteiger partial charge in [0.25, 0.3) is 5.76 Å². The molecule has 0 aromatic carbocycles. The van der Waals surface area contributed by atoms with Crippen LogP contribution in [0.4, 0.5) is 4.79 Å². The van der Waals surface area contributed by atoms with Crippen LogP contribution in [0.2, 0.25) is 0 Å². The first kappa shape index (κ1) is 17.3. The minimum absolute atomic E-state index is 0.393. The fraction of sp³-hybridized carbons (Fsp3) is 0.692. The molecule has 0 saturated carbocycles. The third kappa shape index (κ3) is 4.91. The molecule has 0 spiro atoms. The molecule has 0 radical (unpaired) electrons. The average Bonchev–Trinajstić information content (AvgIpc) is 2.74. The Bertz CT molecular complexity index is 407. The van der Waals surface area contributed by atoms with E-state index in [4.69, 9.17) is 5.11 Å². The van der Waals surface area contributed by atoms with E-state index in [0.717, 1.165) is 25.7 Å². The molecule has 0 aliphatic carbocycles. The standard InChI is InChI=1S/C13H21NO7/c1-2-3-4-5-6-14-13(19)21-11-9(17)10(8(16)7-15)20-12(11)18/h8,10,15-17H,2-7H2,1H3,(H,14,19)/t8-,10+/m0/s1. The highest BCUT2D eigenvalue weighted by Crippen LogP contribution is 2.24. The van der Waals surface area contributed by atoms with Gasteiger partial charge < -0.3 is 30.1 Å². The van der Waals surface area contributed by atoms with Gasteiger partial charge in [-0.2, -0.15) is 0 Å². The van der Waals surface area contributed by atoms with Crippen molar-refractivity contribution in [2.45, 2.75) is 44.8 Å². The summed E-state index contributed by atoms with van der Waals surface area (Å²) in [4.78, 5) is 22.9. The fourth-order valence-corrected chi connectivity index (χ4v) is 1.78. The van der Waals surface area contributed by atoms with Crippen molar-refractivity contribution < 1.29 is 34.4 Å². The van der Waals surface area contributed by atoms with Gasteiger partial charge in [0, 0.05) is 6.54 Å². The van der Waals surface area contributed by atoms with Crippen molar-refractivity contribution in [1.29, 1.82) is 0 Å². The minimum atomic E-state index is -1.48. The summed E-state index contributed by atoms with van der Waals surface area (Å²) in [5.74, 6) is -2.44. The topological polar surface area (TPSA) is 125 Å². The quantitative estimate of drug-likeness (QED) is 0.376. The number of nitrogens with one attached hydrogen (secondary N) is 1. The van der Waals surface area contributed by atoms with Crippen molar-refractivity contribution in [3.05, 3.63) is 11.5 Å². The second kappa shape index (κ2) is 8.48. The summed E-state index contributed by atoms with van der Waals surface area (Å²) < 4.78 is 9.30. The maximum atomic E-state index is 11.5. The van der Waals surface area contributed by atoms with Gasteiger partial charge in [-0.3, -0.25) is 0 Å². The first-order valence-electron chi connectivity index (χ1n) is 6.90. The highest BCUT2D eigenvalue weighted by atomic mass is 16.6. The molecule has 0 bridgehead atoms. The molecule has 1 heterocycles. The highest BCUT2D eigenvalue weighted by molar-refractivity contribution is 5.92. The summed E-state index contributed by atoms with van der Waals surface area (Å²) in [6, 6.07) is 0. The Morgan fingerprint density at radius 2 is 2.14 bits per heavy atom. The lowest BCUT2D eigenvalue weighted by atomic mass is 10.2. The zero-order valence-electron chi connectivity index (χ0n) is 11.9. The van der Waals surface area contributed by atoms with Crippen molar-refractivity contribution in [2.24, 2.45) is 0 Å².